The number of Topliss-reactive ketones (excluding diaryl/α,β-unsaturated/α-hetero) is 1. The number of allylic oxidation sites excluding steroid dienone is 1. The SMILES string of the molecule is CN1C2CCC1CC(C(=O)C1=Cc3ccccc3C1)C2. The van der Waals surface area contributed by atoms with Gasteiger partial charge in [0.05, 0.1) is 0 Å². The first-order valence-corrected chi connectivity index (χ1v) is 7.77. The molecule has 1 aromatic carbocycles. The molecule has 20 heavy (non-hydrogen) atoms. The number of fused-ring (bicyclic) bond motifs is 3. The van der Waals surface area contributed by atoms with Crippen LogP contribution in [0.1, 0.15) is 36.8 Å². The van der Waals surface area contributed by atoms with Crippen molar-refractivity contribution in [2.75, 3.05) is 7.05 Å². The first kappa shape index (κ1) is 12.3. The second kappa shape index (κ2) is 4.56. The molecular formula is C18H21NO. The molecule has 2 atom stereocenters. The zero-order chi connectivity index (χ0) is 13.7. The summed E-state index contributed by atoms with van der Waals surface area (Å²) in [5.41, 5.74) is 3.60. The number of nitrogens with zero attached hydrogens (tertiary/aromatic N) is 1. The lowest BCUT2D eigenvalue weighted by Gasteiger charge is -2.35. The molecule has 4 rings (SSSR count). The minimum atomic E-state index is 0.268. The Kier molecular flexibility index (Phi) is 2.81. The molecule has 0 radical (unpaired) electrons. The number of rotatable bonds is 2. The van der Waals surface area contributed by atoms with E-state index < -0.39 is 0 Å². The summed E-state index contributed by atoms with van der Waals surface area (Å²) >= 11 is 0. The fraction of sp³-hybridized carbons (Fsp3) is 0.500. The van der Waals surface area contributed by atoms with Gasteiger partial charge < -0.3 is 4.90 Å². The molecule has 2 aliphatic heterocycles. The van der Waals surface area contributed by atoms with Crippen molar-refractivity contribution >= 4 is 11.9 Å². The summed E-state index contributed by atoms with van der Waals surface area (Å²) in [5.74, 6) is 0.690. The number of carbonyl (C=O) groups is 1. The Morgan fingerprint density at radius 2 is 1.85 bits per heavy atom. The molecule has 1 aromatic rings. The zero-order valence-electron chi connectivity index (χ0n) is 12.0. The number of hydrogen-bond acceptors (Lipinski definition) is 2. The molecule has 0 amide bonds. The zero-order valence-corrected chi connectivity index (χ0v) is 12.0. The molecule has 0 saturated carbocycles. The van der Waals surface area contributed by atoms with Crippen LogP contribution in [0.25, 0.3) is 6.08 Å². The van der Waals surface area contributed by atoms with E-state index in [1.807, 2.05) is 0 Å². The van der Waals surface area contributed by atoms with Gasteiger partial charge in [-0.1, -0.05) is 24.3 Å². The van der Waals surface area contributed by atoms with Crippen LogP contribution in [0.3, 0.4) is 0 Å². The summed E-state index contributed by atoms with van der Waals surface area (Å²) in [6.45, 7) is 0. The summed E-state index contributed by atoms with van der Waals surface area (Å²) in [4.78, 5) is 15.3. The molecule has 2 unspecified atom stereocenters. The van der Waals surface area contributed by atoms with Gasteiger partial charge >= 0.3 is 0 Å². The molecule has 3 aliphatic rings. The number of benzene rings is 1. The standard InChI is InChI=1S/C18H21NO/c1-19-16-6-7-17(19)11-15(10-16)18(20)14-8-12-4-2-3-5-13(12)9-14/h2-5,8,15-17H,6-7,9-11H2,1H3. The van der Waals surface area contributed by atoms with Crippen molar-refractivity contribution in [3.63, 3.8) is 0 Å². The van der Waals surface area contributed by atoms with Crippen LogP contribution in [0, 0.1) is 5.92 Å². The third-order valence-corrected chi connectivity index (χ3v) is 5.55. The average Bonchev–Trinajstić information content (AvgIpc) is 2.95. The normalized spacial score (nSPS) is 32.0. The second-order valence-electron chi connectivity index (χ2n) is 6.63. The van der Waals surface area contributed by atoms with Gasteiger partial charge in [0.15, 0.2) is 5.78 Å². The van der Waals surface area contributed by atoms with Gasteiger partial charge in [0.1, 0.15) is 0 Å². The van der Waals surface area contributed by atoms with Crippen molar-refractivity contribution in [1.29, 1.82) is 0 Å². The summed E-state index contributed by atoms with van der Waals surface area (Å²) in [6.07, 6.45) is 7.67. The third-order valence-electron chi connectivity index (χ3n) is 5.55. The average molecular weight is 267 g/mol. The molecule has 0 spiro atoms. The van der Waals surface area contributed by atoms with Gasteiger partial charge in [-0.3, -0.25) is 4.79 Å². The summed E-state index contributed by atoms with van der Waals surface area (Å²) in [5, 5.41) is 0. The van der Waals surface area contributed by atoms with E-state index in [4.69, 9.17) is 0 Å². The Balaban J connectivity index is 1.53. The molecule has 1 aliphatic carbocycles. The molecular weight excluding hydrogens is 246 g/mol. The lowest BCUT2D eigenvalue weighted by molar-refractivity contribution is -0.121. The smallest absolute Gasteiger partial charge is 0.162 e. The molecule has 2 saturated heterocycles. The van der Waals surface area contributed by atoms with Crippen LogP contribution in [0.4, 0.5) is 0 Å². The van der Waals surface area contributed by atoms with Gasteiger partial charge in [-0.2, -0.15) is 0 Å². The largest absolute Gasteiger partial charge is 0.300 e. The van der Waals surface area contributed by atoms with Gasteiger partial charge in [0.25, 0.3) is 0 Å². The van der Waals surface area contributed by atoms with Gasteiger partial charge in [-0.05, 0) is 49.9 Å². The Bertz CT molecular complexity index is 575. The van der Waals surface area contributed by atoms with E-state index in [0.29, 0.717) is 17.9 Å². The maximum Gasteiger partial charge on any atom is 0.162 e. The highest BCUT2D eigenvalue weighted by atomic mass is 16.1. The predicted molar refractivity (Wildman–Crippen MR) is 80.4 cm³/mol. The van der Waals surface area contributed by atoms with E-state index in [-0.39, 0.29) is 5.92 Å². The Morgan fingerprint density at radius 3 is 2.55 bits per heavy atom. The molecule has 2 heteroatoms. The van der Waals surface area contributed by atoms with Crippen LogP contribution in [0.15, 0.2) is 29.8 Å². The number of ketones is 1. The van der Waals surface area contributed by atoms with Gasteiger partial charge in [-0.15, -0.1) is 0 Å². The lowest BCUT2D eigenvalue weighted by atomic mass is 9.84. The van der Waals surface area contributed by atoms with Crippen molar-refractivity contribution in [1.82, 2.24) is 4.90 Å². The van der Waals surface area contributed by atoms with E-state index >= 15 is 0 Å². The molecule has 0 N–H and O–H groups in total. The fourth-order valence-corrected chi connectivity index (χ4v) is 4.33. The maximum atomic E-state index is 12.8. The van der Waals surface area contributed by atoms with Crippen LogP contribution in [0.2, 0.25) is 0 Å². The minimum absolute atomic E-state index is 0.268. The summed E-state index contributed by atoms with van der Waals surface area (Å²) < 4.78 is 0. The maximum absolute atomic E-state index is 12.8. The quantitative estimate of drug-likeness (QED) is 0.821. The van der Waals surface area contributed by atoms with E-state index in [2.05, 4.69) is 42.3 Å². The van der Waals surface area contributed by atoms with Crippen LogP contribution < -0.4 is 0 Å². The Labute approximate surface area is 120 Å². The van der Waals surface area contributed by atoms with Crippen molar-refractivity contribution in [3.8, 4) is 0 Å². The first-order chi connectivity index (χ1) is 9.72. The molecule has 104 valence electrons. The summed E-state index contributed by atoms with van der Waals surface area (Å²) in [7, 11) is 2.23. The van der Waals surface area contributed by atoms with Gasteiger partial charge in [0.2, 0.25) is 0 Å². The number of hydrogen-bond donors (Lipinski definition) is 0. The Hall–Kier alpha value is -1.41. The molecule has 2 bridgehead atoms. The van der Waals surface area contributed by atoms with E-state index in [1.54, 1.807) is 0 Å². The van der Waals surface area contributed by atoms with Crippen molar-refractivity contribution in [3.05, 3.63) is 41.0 Å². The monoisotopic (exact) mass is 267 g/mol. The fourth-order valence-electron chi connectivity index (χ4n) is 4.33. The second-order valence-corrected chi connectivity index (χ2v) is 6.63. The van der Waals surface area contributed by atoms with Gasteiger partial charge in [-0.25, -0.2) is 0 Å². The van der Waals surface area contributed by atoms with E-state index in [9.17, 15) is 4.79 Å². The van der Waals surface area contributed by atoms with Crippen molar-refractivity contribution in [2.45, 2.75) is 44.2 Å². The topological polar surface area (TPSA) is 20.3 Å². The number of piperidine rings is 1. The van der Waals surface area contributed by atoms with Crippen LogP contribution in [-0.4, -0.2) is 29.8 Å². The highest BCUT2D eigenvalue weighted by Crippen LogP contribution is 2.39. The van der Waals surface area contributed by atoms with Crippen LogP contribution >= 0.6 is 0 Å². The van der Waals surface area contributed by atoms with Crippen molar-refractivity contribution < 1.29 is 4.79 Å². The van der Waals surface area contributed by atoms with Crippen LogP contribution in [0.5, 0.6) is 0 Å². The number of carbonyl (C=O) groups excluding carboxylic acids is 1. The highest BCUT2D eigenvalue weighted by Gasteiger charge is 2.41. The summed E-state index contributed by atoms with van der Waals surface area (Å²) in [6, 6.07) is 9.67. The molecule has 2 heterocycles. The van der Waals surface area contributed by atoms with E-state index in [0.717, 1.165) is 24.8 Å². The highest BCUT2D eigenvalue weighted by molar-refractivity contribution is 6.03. The van der Waals surface area contributed by atoms with Crippen molar-refractivity contribution in [2.24, 2.45) is 5.92 Å². The molecule has 0 aromatic heterocycles. The van der Waals surface area contributed by atoms with Gasteiger partial charge in [0, 0.05) is 30.0 Å². The third kappa shape index (κ3) is 1.86. The first-order valence-electron chi connectivity index (χ1n) is 7.77. The lowest BCUT2D eigenvalue weighted by Crippen LogP contribution is -2.42. The van der Waals surface area contributed by atoms with Crippen LogP contribution in [-0.2, 0) is 11.2 Å². The Morgan fingerprint density at radius 1 is 1.15 bits per heavy atom. The molecule has 2 fully saturated rings. The minimum Gasteiger partial charge on any atom is -0.300 e. The molecule has 2 nitrogen and oxygen atoms in total. The van der Waals surface area contributed by atoms with E-state index in [1.165, 1.54) is 24.0 Å². The predicted octanol–water partition coefficient (Wildman–Crippen LogP) is 3.07.